The van der Waals surface area contributed by atoms with E-state index in [1.54, 1.807) is 6.07 Å². The molecule has 0 radical (unpaired) electrons. The number of hydrogen-bond donors (Lipinski definition) is 1. The van der Waals surface area contributed by atoms with Gasteiger partial charge in [-0.3, -0.25) is 0 Å². The van der Waals surface area contributed by atoms with Gasteiger partial charge in [-0.05, 0) is 26.3 Å². The van der Waals surface area contributed by atoms with Crippen molar-refractivity contribution in [3.63, 3.8) is 0 Å². The van der Waals surface area contributed by atoms with Gasteiger partial charge in [-0.25, -0.2) is 4.39 Å². The summed E-state index contributed by atoms with van der Waals surface area (Å²) in [6, 6.07) is 7.18. The molecule has 1 saturated heterocycles. The summed E-state index contributed by atoms with van der Waals surface area (Å²) >= 11 is 0. The third kappa shape index (κ3) is 1.59. The highest BCUT2D eigenvalue weighted by Gasteiger charge is 2.36. The van der Waals surface area contributed by atoms with E-state index < -0.39 is 0 Å². The van der Waals surface area contributed by atoms with Crippen LogP contribution in [0.5, 0.6) is 0 Å². The van der Waals surface area contributed by atoms with Gasteiger partial charge in [-0.2, -0.15) is 0 Å². The number of halogens is 1. The maximum absolute atomic E-state index is 13.3. The van der Waals surface area contributed by atoms with Crippen molar-refractivity contribution >= 4 is 0 Å². The van der Waals surface area contributed by atoms with E-state index in [2.05, 4.69) is 19.2 Å². The molecule has 0 aromatic heterocycles. The van der Waals surface area contributed by atoms with E-state index in [-0.39, 0.29) is 17.4 Å². The standard InChI is InChI=1S/C11H14FN/c1-11(2)7-10(13-11)8-5-3-4-6-9(8)12/h3-6,10,13H,7H2,1-2H3/t10-/m1/s1. The van der Waals surface area contributed by atoms with Crippen LogP contribution in [0.2, 0.25) is 0 Å². The van der Waals surface area contributed by atoms with Crippen LogP contribution >= 0.6 is 0 Å². The molecule has 0 amide bonds. The van der Waals surface area contributed by atoms with Crippen molar-refractivity contribution in [3.8, 4) is 0 Å². The van der Waals surface area contributed by atoms with Gasteiger partial charge in [0, 0.05) is 17.1 Å². The molecule has 0 unspecified atom stereocenters. The maximum Gasteiger partial charge on any atom is 0.127 e. The molecule has 13 heavy (non-hydrogen) atoms. The average Bonchev–Trinajstić information content (AvgIpc) is 2.01. The van der Waals surface area contributed by atoms with Gasteiger partial charge in [0.15, 0.2) is 0 Å². The second kappa shape index (κ2) is 2.81. The highest BCUT2D eigenvalue weighted by molar-refractivity contribution is 5.24. The Morgan fingerprint density at radius 3 is 2.54 bits per heavy atom. The molecule has 1 atom stereocenters. The van der Waals surface area contributed by atoms with Crippen LogP contribution in [0.15, 0.2) is 24.3 Å². The lowest BCUT2D eigenvalue weighted by atomic mass is 9.81. The van der Waals surface area contributed by atoms with Gasteiger partial charge in [-0.15, -0.1) is 0 Å². The zero-order valence-corrected chi connectivity index (χ0v) is 7.97. The van der Waals surface area contributed by atoms with Gasteiger partial charge in [0.2, 0.25) is 0 Å². The summed E-state index contributed by atoms with van der Waals surface area (Å²) in [5.41, 5.74) is 0.967. The number of benzene rings is 1. The van der Waals surface area contributed by atoms with Crippen LogP contribution in [0.1, 0.15) is 31.9 Å². The molecule has 1 N–H and O–H groups in total. The summed E-state index contributed by atoms with van der Waals surface area (Å²) in [5.74, 6) is -0.101. The third-order valence-corrected chi connectivity index (χ3v) is 2.56. The summed E-state index contributed by atoms with van der Waals surface area (Å²) in [6.45, 7) is 4.26. The smallest absolute Gasteiger partial charge is 0.127 e. The van der Waals surface area contributed by atoms with Crippen molar-refractivity contribution < 1.29 is 4.39 Å². The quantitative estimate of drug-likeness (QED) is 0.698. The van der Waals surface area contributed by atoms with E-state index in [1.807, 2.05) is 12.1 Å². The first-order valence-electron chi connectivity index (χ1n) is 4.61. The Labute approximate surface area is 78.0 Å². The zero-order valence-electron chi connectivity index (χ0n) is 7.97. The molecule has 1 fully saturated rings. The highest BCUT2D eigenvalue weighted by Crippen LogP contribution is 2.35. The van der Waals surface area contributed by atoms with Crippen molar-refractivity contribution in [1.29, 1.82) is 0 Å². The molecule has 0 saturated carbocycles. The van der Waals surface area contributed by atoms with Crippen molar-refractivity contribution in [2.45, 2.75) is 31.8 Å². The molecule has 1 aliphatic rings. The molecule has 1 aliphatic heterocycles. The maximum atomic E-state index is 13.3. The van der Waals surface area contributed by atoms with Gasteiger partial charge in [0.1, 0.15) is 5.82 Å². The van der Waals surface area contributed by atoms with Crippen LogP contribution in [-0.2, 0) is 0 Å². The molecule has 2 rings (SSSR count). The molecule has 70 valence electrons. The molecule has 1 nitrogen and oxygen atoms in total. The minimum absolute atomic E-state index is 0.101. The minimum Gasteiger partial charge on any atom is -0.305 e. The lowest BCUT2D eigenvalue weighted by Gasteiger charge is -2.44. The van der Waals surface area contributed by atoms with Crippen LogP contribution in [0, 0.1) is 5.82 Å². The molecular weight excluding hydrogens is 165 g/mol. The van der Waals surface area contributed by atoms with Crippen molar-refractivity contribution in [3.05, 3.63) is 35.6 Å². The van der Waals surface area contributed by atoms with Crippen molar-refractivity contribution in [2.75, 3.05) is 0 Å². The summed E-state index contributed by atoms with van der Waals surface area (Å²) in [5, 5.41) is 3.34. The first kappa shape index (κ1) is 8.70. The second-order valence-corrected chi connectivity index (χ2v) is 4.31. The summed E-state index contributed by atoms with van der Waals surface area (Å²) < 4.78 is 13.3. The topological polar surface area (TPSA) is 12.0 Å². The third-order valence-electron chi connectivity index (χ3n) is 2.56. The Balaban J connectivity index is 2.16. The SMILES string of the molecule is CC1(C)C[C@H](c2ccccc2F)N1. The molecule has 1 aromatic carbocycles. The van der Waals surface area contributed by atoms with E-state index in [0.29, 0.717) is 0 Å². The Morgan fingerprint density at radius 2 is 2.00 bits per heavy atom. The molecule has 1 heterocycles. The van der Waals surface area contributed by atoms with E-state index in [4.69, 9.17) is 0 Å². The summed E-state index contributed by atoms with van der Waals surface area (Å²) in [7, 11) is 0. The molecule has 0 aliphatic carbocycles. The van der Waals surface area contributed by atoms with Gasteiger partial charge >= 0.3 is 0 Å². The fourth-order valence-corrected chi connectivity index (χ4v) is 1.91. The Bertz CT molecular complexity index is 312. The molecule has 1 aromatic rings. The normalized spacial score (nSPS) is 25.3. The Hall–Kier alpha value is -0.890. The predicted octanol–water partition coefficient (Wildman–Crippen LogP) is 2.64. The summed E-state index contributed by atoms with van der Waals surface area (Å²) in [6.07, 6.45) is 1.01. The van der Waals surface area contributed by atoms with Gasteiger partial charge in [0.05, 0.1) is 0 Å². The zero-order chi connectivity index (χ0) is 9.47. The molecule has 2 heteroatoms. The lowest BCUT2D eigenvalue weighted by Crippen LogP contribution is -2.54. The van der Waals surface area contributed by atoms with Gasteiger partial charge in [0.25, 0.3) is 0 Å². The first-order chi connectivity index (χ1) is 6.08. The summed E-state index contributed by atoms with van der Waals surface area (Å²) in [4.78, 5) is 0. The van der Waals surface area contributed by atoms with Crippen molar-refractivity contribution in [1.82, 2.24) is 5.32 Å². The first-order valence-corrected chi connectivity index (χ1v) is 4.61. The van der Waals surface area contributed by atoms with Crippen molar-refractivity contribution in [2.24, 2.45) is 0 Å². The molecular formula is C11H14FN. The van der Waals surface area contributed by atoms with Gasteiger partial charge in [-0.1, -0.05) is 18.2 Å². The van der Waals surface area contributed by atoms with Crippen LogP contribution in [-0.4, -0.2) is 5.54 Å². The molecule has 0 spiro atoms. The largest absolute Gasteiger partial charge is 0.305 e. The highest BCUT2D eigenvalue weighted by atomic mass is 19.1. The van der Waals surface area contributed by atoms with E-state index in [9.17, 15) is 4.39 Å². The second-order valence-electron chi connectivity index (χ2n) is 4.31. The minimum atomic E-state index is -0.101. The van der Waals surface area contributed by atoms with E-state index in [1.165, 1.54) is 6.07 Å². The van der Waals surface area contributed by atoms with Gasteiger partial charge < -0.3 is 5.32 Å². The number of nitrogens with one attached hydrogen (secondary N) is 1. The Morgan fingerprint density at radius 1 is 1.38 bits per heavy atom. The van der Waals surface area contributed by atoms with Crippen LogP contribution in [0.4, 0.5) is 4.39 Å². The fraction of sp³-hybridized carbons (Fsp3) is 0.455. The van der Waals surface area contributed by atoms with E-state index >= 15 is 0 Å². The average molecular weight is 179 g/mol. The Kier molecular flexibility index (Phi) is 1.88. The predicted molar refractivity (Wildman–Crippen MR) is 51.0 cm³/mol. The number of rotatable bonds is 1. The van der Waals surface area contributed by atoms with Crippen LogP contribution < -0.4 is 5.32 Å². The number of hydrogen-bond acceptors (Lipinski definition) is 1. The monoisotopic (exact) mass is 179 g/mol. The fourth-order valence-electron chi connectivity index (χ4n) is 1.91. The lowest BCUT2D eigenvalue weighted by molar-refractivity contribution is 0.173. The van der Waals surface area contributed by atoms with Crippen LogP contribution in [0.3, 0.4) is 0 Å². The van der Waals surface area contributed by atoms with E-state index in [0.717, 1.165) is 12.0 Å². The molecule has 0 bridgehead atoms. The van der Waals surface area contributed by atoms with Crippen LogP contribution in [0.25, 0.3) is 0 Å².